The van der Waals surface area contributed by atoms with Crippen LogP contribution in [0.2, 0.25) is 0 Å². The molecule has 1 fully saturated rings. The van der Waals surface area contributed by atoms with Crippen molar-refractivity contribution in [2.24, 2.45) is 0 Å². The maximum atomic E-state index is 13.2. The van der Waals surface area contributed by atoms with Gasteiger partial charge in [-0.2, -0.15) is 0 Å². The van der Waals surface area contributed by atoms with Gasteiger partial charge in [-0.1, -0.05) is 0 Å². The van der Waals surface area contributed by atoms with Gasteiger partial charge in [0.05, 0.1) is 0 Å². The van der Waals surface area contributed by atoms with Crippen LogP contribution in [0.1, 0.15) is 24.4 Å². The summed E-state index contributed by atoms with van der Waals surface area (Å²) >= 11 is 0. The highest BCUT2D eigenvalue weighted by Crippen LogP contribution is 2.28. The van der Waals surface area contributed by atoms with Gasteiger partial charge in [-0.15, -0.1) is 12.4 Å². The van der Waals surface area contributed by atoms with Crippen molar-refractivity contribution in [2.45, 2.75) is 18.9 Å². The van der Waals surface area contributed by atoms with Crippen molar-refractivity contribution >= 4 is 12.4 Å². The quantitative estimate of drug-likeness (QED) is 0.792. The van der Waals surface area contributed by atoms with Gasteiger partial charge in [0, 0.05) is 23.7 Å². The molecule has 0 radical (unpaired) electrons. The van der Waals surface area contributed by atoms with Crippen LogP contribution in [0.4, 0.5) is 13.2 Å². The zero-order valence-electron chi connectivity index (χ0n) is 7.90. The average Bonchev–Trinajstić information content (AvgIpc) is 2.54. The van der Waals surface area contributed by atoms with Crippen LogP contribution in [-0.2, 0) is 0 Å². The van der Waals surface area contributed by atoms with Crippen LogP contribution in [0.15, 0.2) is 12.1 Å². The Labute approximate surface area is 92.1 Å². The molecule has 1 N–H and O–H groups in total. The maximum absolute atomic E-state index is 13.2. The second-order valence-electron chi connectivity index (χ2n) is 3.43. The SMILES string of the molecule is Cl.Fc1cc(F)c([C@@H]2CCCN2)c(F)c1. The Bertz CT molecular complexity index is 328. The van der Waals surface area contributed by atoms with E-state index in [0.717, 1.165) is 25.1 Å². The fraction of sp³-hybridized carbons (Fsp3) is 0.400. The normalized spacial score (nSPS) is 20.1. The van der Waals surface area contributed by atoms with E-state index in [9.17, 15) is 13.2 Å². The van der Waals surface area contributed by atoms with Crippen LogP contribution < -0.4 is 5.32 Å². The summed E-state index contributed by atoms with van der Waals surface area (Å²) in [6.07, 6.45) is 1.58. The first kappa shape index (κ1) is 12.3. The van der Waals surface area contributed by atoms with E-state index >= 15 is 0 Å². The minimum absolute atomic E-state index is 0. The molecule has 1 saturated heterocycles. The van der Waals surface area contributed by atoms with Crippen LogP contribution in [0, 0.1) is 17.5 Å². The fourth-order valence-corrected chi connectivity index (χ4v) is 1.82. The van der Waals surface area contributed by atoms with Crippen molar-refractivity contribution in [1.82, 2.24) is 5.32 Å². The maximum Gasteiger partial charge on any atom is 0.133 e. The third-order valence-electron chi connectivity index (χ3n) is 2.45. The van der Waals surface area contributed by atoms with Gasteiger partial charge in [-0.3, -0.25) is 0 Å². The van der Waals surface area contributed by atoms with Crippen molar-refractivity contribution in [2.75, 3.05) is 6.54 Å². The van der Waals surface area contributed by atoms with E-state index in [1.54, 1.807) is 0 Å². The lowest BCUT2D eigenvalue weighted by Gasteiger charge is -2.12. The highest BCUT2D eigenvalue weighted by molar-refractivity contribution is 5.85. The first-order chi connectivity index (χ1) is 6.68. The van der Waals surface area contributed by atoms with Crippen molar-refractivity contribution in [3.63, 3.8) is 0 Å². The highest BCUT2D eigenvalue weighted by Gasteiger charge is 2.23. The molecule has 1 heterocycles. The molecule has 2 rings (SSSR count). The number of benzene rings is 1. The lowest BCUT2D eigenvalue weighted by atomic mass is 10.0. The summed E-state index contributed by atoms with van der Waals surface area (Å²) < 4.78 is 39.1. The van der Waals surface area contributed by atoms with Gasteiger partial charge in [0.25, 0.3) is 0 Å². The van der Waals surface area contributed by atoms with Crippen molar-refractivity contribution in [3.8, 4) is 0 Å². The molecule has 15 heavy (non-hydrogen) atoms. The largest absolute Gasteiger partial charge is 0.310 e. The zero-order valence-corrected chi connectivity index (χ0v) is 8.71. The summed E-state index contributed by atoms with van der Waals surface area (Å²) in [6, 6.07) is 1.13. The molecule has 1 nitrogen and oxygen atoms in total. The molecule has 1 aromatic carbocycles. The third kappa shape index (κ3) is 2.44. The average molecular weight is 238 g/mol. The summed E-state index contributed by atoms with van der Waals surface area (Å²) in [4.78, 5) is 0. The van der Waals surface area contributed by atoms with Crippen LogP contribution in [0.25, 0.3) is 0 Å². The molecule has 0 saturated carbocycles. The topological polar surface area (TPSA) is 12.0 Å². The van der Waals surface area contributed by atoms with E-state index in [2.05, 4.69) is 5.32 Å². The molecular formula is C10H11ClF3N. The number of rotatable bonds is 1. The lowest BCUT2D eigenvalue weighted by Crippen LogP contribution is -2.16. The Kier molecular flexibility index (Phi) is 3.99. The van der Waals surface area contributed by atoms with Gasteiger partial charge in [0.15, 0.2) is 0 Å². The van der Waals surface area contributed by atoms with Gasteiger partial charge >= 0.3 is 0 Å². The standard InChI is InChI=1S/C10H10F3N.ClH/c11-6-4-7(12)10(8(13)5-6)9-2-1-3-14-9;/h4-5,9,14H,1-3H2;1H/t9-;/m0./s1. The molecule has 84 valence electrons. The molecule has 0 bridgehead atoms. The molecule has 0 aliphatic carbocycles. The molecular weight excluding hydrogens is 227 g/mol. The second-order valence-corrected chi connectivity index (χ2v) is 3.43. The van der Waals surface area contributed by atoms with E-state index < -0.39 is 17.5 Å². The molecule has 0 spiro atoms. The predicted octanol–water partition coefficient (Wildman–Crippen LogP) is 2.95. The summed E-state index contributed by atoms with van der Waals surface area (Å²) in [7, 11) is 0. The Morgan fingerprint density at radius 2 is 1.73 bits per heavy atom. The van der Waals surface area contributed by atoms with Gasteiger partial charge < -0.3 is 5.32 Å². The summed E-state index contributed by atoms with van der Waals surface area (Å²) in [6.45, 7) is 0.751. The molecule has 1 aliphatic heterocycles. The van der Waals surface area contributed by atoms with E-state index in [-0.39, 0.29) is 24.0 Å². The Balaban J connectivity index is 0.00000112. The van der Waals surface area contributed by atoms with Crippen LogP contribution in [-0.4, -0.2) is 6.54 Å². The first-order valence-corrected chi connectivity index (χ1v) is 4.56. The van der Waals surface area contributed by atoms with Gasteiger partial charge in [-0.25, -0.2) is 13.2 Å². The zero-order chi connectivity index (χ0) is 10.1. The molecule has 0 aromatic heterocycles. The summed E-state index contributed by atoms with van der Waals surface area (Å²) in [5.41, 5.74) is -0.0381. The monoisotopic (exact) mass is 237 g/mol. The number of nitrogens with one attached hydrogen (secondary N) is 1. The van der Waals surface area contributed by atoms with E-state index in [4.69, 9.17) is 0 Å². The molecule has 0 unspecified atom stereocenters. The van der Waals surface area contributed by atoms with Gasteiger partial charge in [0.1, 0.15) is 17.5 Å². The molecule has 1 aliphatic rings. The Hall–Kier alpha value is -0.740. The van der Waals surface area contributed by atoms with Crippen molar-refractivity contribution in [1.29, 1.82) is 0 Å². The summed E-state index contributed by atoms with van der Waals surface area (Å²) in [5, 5.41) is 2.97. The van der Waals surface area contributed by atoms with E-state index in [1.807, 2.05) is 0 Å². The Morgan fingerprint density at radius 3 is 2.20 bits per heavy atom. The fourth-order valence-electron chi connectivity index (χ4n) is 1.82. The van der Waals surface area contributed by atoms with Crippen molar-refractivity contribution < 1.29 is 13.2 Å². The third-order valence-corrected chi connectivity index (χ3v) is 2.45. The smallest absolute Gasteiger partial charge is 0.133 e. The first-order valence-electron chi connectivity index (χ1n) is 4.56. The minimum Gasteiger partial charge on any atom is -0.310 e. The van der Waals surface area contributed by atoms with Gasteiger partial charge in [-0.05, 0) is 19.4 Å². The predicted molar refractivity (Wildman–Crippen MR) is 53.5 cm³/mol. The number of hydrogen-bond donors (Lipinski definition) is 1. The highest BCUT2D eigenvalue weighted by atomic mass is 35.5. The molecule has 0 amide bonds. The Morgan fingerprint density at radius 1 is 1.13 bits per heavy atom. The molecule has 1 aromatic rings. The van der Waals surface area contributed by atoms with Crippen molar-refractivity contribution in [3.05, 3.63) is 35.1 Å². The van der Waals surface area contributed by atoms with Crippen LogP contribution in [0.3, 0.4) is 0 Å². The number of halogens is 4. The molecule has 5 heteroatoms. The van der Waals surface area contributed by atoms with E-state index in [1.165, 1.54) is 0 Å². The minimum atomic E-state index is -0.873. The molecule has 1 atom stereocenters. The van der Waals surface area contributed by atoms with E-state index in [0.29, 0.717) is 6.42 Å². The number of hydrogen-bond acceptors (Lipinski definition) is 1. The second kappa shape index (κ2) is 4.86. The van der Waals surface area contributed by atoms with Gasteiger partial charge in [0.2, 0.25) is 0 Å². The van der Waals surface area contributed by atoms with Crippen LogP contribution >= 0.6 is 12.4 Å². The summed E-state index contributed by atoms with van der Waals surface area (Å²) in [5.74, 6) is -2.48. The lowest BCUT2D eigenvalue weighted by molar-refractivity contribution is 0.489. The van der Waals surface area contributed by atoms with Crippen LogP contribution in [0.5, 0.6) is 0 Å².